The lowest BCUT2D eigenvalue weighted by molar-refractivity contribution is 0.171. The second-order valence-corrected chi connectivity index (χ2v) is 10.7. The largest absolute Gasteiger partial charge is 0.486 e. The first-order valence-electron chi connectivity index (χ1n) is 11.4. The zero-order chi connectivity index (χ0) is 23.7. The Labute approximate surface area is 206 Å². The van der Waals surface area contributed by atoms with Crippen molar-refractivity contribution in [3.05, 3.63) is 35.5 Å². The lowest BCUT2D eigenvalue weighted by Gasteiger charge is -2.21. The average Bonchev–Trinajstić information content (AvgIpc) is 3.40. The molecule has 0 unspecified atom stereocenters. The van der Waals surface area contributed by atoms with Crippen LogP contribution in [0.5, 0.6) is 11.5 Å². The third-order valence-electron chi connectivity index (χ3n) is 5.49. The number of aryl methyl sites for hydroxylation is 2. The van der Waals surface area contributed by atoms with Gasteiger partial charge in [-0.25, -0.2) is 15.0 Å². The summed E-state index contributed by atoms with van der Waals surface area (Å²) in [6.45, 7) is 9.20. The predicted octanol–water partition coefficient (Wildman–Crippen LogP) is 4.76. The second kappa shape index (κ2) is 9.81. The molecule has 0 amide bonds. The first kappa shape index (κ1) is 22.9. The first-order chi connectivity index (χ1) is 16.5. The van der Waals surface area contributed by atoms with E-state index in [1.54, 1.807) is 23.1 Å². The van der Waals surface area contributed by atoms with Gasteiger partial charge in [0, 0.05) is 32.8 Å². The third kappa shape index (κ3) is 4.70. The van der Waals surface area contributed by atoms with Gasteiger partial charge in [0.25, 0.3) is 0 Å². The highest BCUT2D eigenvalue weighted by molar-refractivity contribution is 7.99. The summed E-state index contributed by atoms with van der Waals surface area (Å²) in [5.74, 6) is 1.93. The van der Waals surface area contributed by atoms with E-state index in [9.17, 15) is 0 Å². The Morgan fingerprint density at radius 2 is 1.97 bits per heavy atom. The van der Waals surface area contributed by atoms with Gasteiger partial charge in [-0.2, -0.15) is 0 Å². The maximum absolute atomic E-state index is 6.16. The molecule has 0 spiro atoms. The van der Waals surface area contributed by atoms with E-state index in [0.29, 0.717) is 30.6 Å². The van der Waals surface area contributed by atoms with E-state index in [-0.39, 0.29) is 0 Å². The molecule has 34 heavy (non-hydrogen) atoms. The van der Waals surface area contributed by atoms with E-state index in [0.717, 1.165) is 52.3 Å². The number of ether oxygens (including phenoxy) is 2. The number of hydrogen-bond donors (Lipinski definition) is 2. The molecular weight excluding hydrogens is 468 g/mol. The number of benzene rings is 1. The molecule has 4 heterocycles. The van der Waals surface area contributed by atoms with Gasteiger partial charge in [-0.15, -0.1) is 11.3 Å². The molecule has 1 aliphatic rings. The number of imidazole rings is 1. The van der Waals surface area contributed by atoms with Crippen molar-refractivity contribution in [1.82, 2.24) is 24.8 Å². The Bertz CT molecular complexity index is 1320. The molecule has 8 nitrogen and oxygen atoms in total. The van der Waals surface area contributed by atoms with Crippen LogP contribution in [0.25, 0.3) is 21.6 Å². The van der Waals surface area contributed by atoms with Crippen LogP contribution in [0.3, 0.4) is 0 Å². The fraction of sp³-hybridized carbons (Fsp3) is 0.375. The van der Waals surface area contributed by atoms with Crippen LogP contribution in [-0.2, 0) is 6.54 Å². The number of anilines is 1. The maximum Gasteiger partial charge on any atom is 0.175 e. The van der Waals surface area contributed by atoms with Gasteiger partial charge >= 0.3 is 0 Å². The van der Waals surface area contributed by atoms with Gasteiger partial charge in [-0.3, -0.25) is 0 Å². The number of aromatic nitrogens is 4. The molecule has 0 aliphatic carbocycles. The topological polar surface area (TPSA) is 100 Å². The highest BCUT2D eigenvalue weighted by Gasteiger charge is 2.22. The number of nitrogens with one attached hydrogen (secondary N) is 1. The summed E-state index contributed by atoms with van der Waals surface area (Å²) >= 11 is 3.36. The molecule has 5 rings (SSSR count). The number of thiophene rings is 1. The van der Waals surface area contributed by atoms with Crippen molar-refractivity contribution in [2.45, 2.75) is 49.8 Å². The van der Waals surface area contributed by atoms with Crippen LogP contribution in [0, 0.1) is 6.92 Å². The van der Waals surface area contributed by atoms with Crippen LogP contribution in [-0.4, -0.2) is 45.3 Å². The van der Waals surface area contributed by atoms with Gasteiger partial charge < -0.3 is 25.1 Å². The Morgan fingerprint density at radius 1 is 1.18 bits per heavy atom. The normalized spacial score (nSPS) is 13.2. The van der Waals surface area contributed by atoms with Crippen LogP contribution < -0.4 is 20.5 Å². The van der Waals surface area contributed by atoms with Crippen molar-refractivity contribution in [2.75, 3.05) is 25.5 Å². The van der Waals surface area contributed by atoms with Gasteiger partial charge in [0.05, 0.1) is 0 Å². The molecule has 4 aromatic rings. The van der Waals surface area contributed by atoms with Crippen LogP contribution in [0.15, 0.2) is 40.6 Å². The summed E-state index contributed by atoms with van der Waals surface area (Å²) < 4.78 is 13.9. The molecule has 3 aromatic heterocycles. The fourth-order valence-corrected chi connectivity index (χ4v) is 5.89. The smallest absolute Gasteiger partial charge is 0.175 e. The van der Waals surface area contributed by atoms with Gasteiger partial charge in [-0.05, 0) is 44.2 Å². The van der Waals surface area contributed by atoms with Gasteiger partial charge in [0.15, 0.2) is 33.6 Å². The zero-order valence-corrected chi connectivity index (χ0v) is 21.1. The lowest BCUT2D eigenvalue weighted by Crippen LogP contribution is -2.24. The molecule has 0 saturated heterocycles. The van der Waals surface area contributed by atoms with Crippen LogP contribution in [0.1, 0.15) is 25.1 Å². The first-order valence-corrected chi connectivity index (χ1v) is 13.0. The van der Waals surface area contributed by atoms with E-state index in [4.69, 9.17) is 20.2 Å². The minimum Gasteiger partial charge on any atom is -0.486 e. The molecule has 0 bridgehead atoms. The van der Waals surface area contributed by atoms with Crippen molar-refractivity contribution in [1.29, 1.82) is 0 Å². The third-order valence-corrected chi connectivity index (χ3v) is 7.57. The SMILES string of the molecule is Cc1ccc(-c2cc3c(cc2Sc2nc4c(N)ncnc4n2CCCNC(C)C)OCCO3)s1. The van der Waals surface area contributed by atoms with Crippen molar-refractivity contribution >= 4 is 40.1 Å². The summed E-state index contributed by atoms with van der Waals surface area (Å²) in [6.07, 6.45) is 2.44. The molecule has 1 aliphatic heterocycles. The van der Waals surface area contributed by atoms with E-state index < -0.39 is 0 Å². The van der Waals surface area contributed by atoms with Gasteiger partial charge in [0.2, 0.25) is 0 Å². The standard InChI is InChI=1S/C24H28N6O2S2/c1-14(2)26-7-4-8-30-23-21(22(25)27-13-28-23)29-24(30)34-20-12-18-17(31-9-10-32-18)11-16(20)19-6-5-15(3)33-19/h5-6,11-14,26H,4,7-10H2,1-3H3,(H2,25,27,28). The Morgan fingerprint density at radius 3 is 2.71 bits per heavy atom. The summed E-state index contributed by atoms with van der Waals surface area (Å²) in [6, 6.07) is 8.87. The molecule has 178 valence electrons. The van der Waals surface area contributed by atoms with E-state index >= 15 is 0 Å². The summed E-state index contributed by atoms with van der Waals surface area (Å²) in [4.78, 5) is 17.0. The molecule has 10 heteroatoms. The van der Waals surface area contributed by atoms with Gasteiger partial charge in [-0.1, -0.05) is 25.6 Å². The summed E-state index contributed by atoms with van der Waals surface area (Å²) in [5, 5.41) is 4.31. The van der Waals surface area contributed by atoms with Crippen molar-refractivity contribution in [2.24, 2.45) is 0 Å². The number of nitrogen functional groups attached to an aromatic ring is 1. The predicted molar refractivity (Wildman–Crippen MR) is 137 cm³/mol. The van der Waals surface area contributed by atoms with E-state index in [2.05, 4.69) is 64.9 Å². The molecule has 0 atom stereocenters. The molecule has 1 aromatic carbocycles. The fourth-order valence-electron chi connectivity index (χ4n) is 3.87. The van der Waals surface area contributed by atoms with Crippen molar-refractivity contribution < 1.29 is 9.47 Å². The van der Waals surface area contributed by atoms with Gasteiger partial charge in [0.1, 0.15) is 19.5 Å². The van der Waals surface area contributed by atoms with Crippen LogP contribution in [0.4, 0.5) is 5.82 Å². The van der Waals surface area contributed by atoms with E-state index in [1.165, 1.54) is 16.1 Å². The Kier molecular flexibility index (Phi) is 6.62. The summed E-state index contributed by atoms with van der Waals surface area (Å²) in [7, 11) is 0. The molecule has 0 saturated carbocycles. The minimum atomic E-state index is 0.391. The molecule has 3 N–H and O–H groups in total. The number of nitrogens with zero attached hydrogens (tertiary/aromatic N) is 4. The maximum atomic E-state index is 6.16. The number of rotatable bonds is 8. The van der Waals surface area contributed by atoms with Crippen LogP contribution >= 0.6 is 23.1 Å². The lowest BCUT2D eigenvalue weighted by atomic mass is 10.1. The van der Waals surface area contributed by atoms with Crippen LogP contribution in [0.2, 0.25) is 0 Å². The highest BCUT2D eigenvalue weighted by Crippen LogP contribution is 2.45. The monoisotopic (exact) mass is 496 g/mol. The van der Waals surface area contributed by atoms with E-state index in [1.807, 2.05) is 0 Å². The highest BCUT2D eigenvalue weighted by atomic mass is 32.2. The Balaban J connectivity index is 1.56. The average molecular weight is 497 g/mol. The number of fused-ring (bicyclic) bond motifs is 2. The zero-order valence-electron chi connectivity index (χ0n) is 19.5. The summed E-state index contributed by atoms with van der Waals surface area (Å²) in [5.41, 5.74) is 8.65. The second-order valence-electron chi connectivity index (χ2n) is 8.44. The minimum absolute atomic E-state index is 0.391. The number of hydrogen-bond acceptors (Lipinski definition) is 9. The quantitative estimate of drug-likeness (QED) is 0.337. The molecule has 0 radical (unpaired) electrons. The molecule has 0 fully saturated rings. The van der Waals surface area contributed by atoms with Crippen molar-refractivity contribution in [3.63, 3.8) is 0 Å². The number of nitrogens with two attached hydrogens (primary N) is 1. The van der Waals surface area contributed by atoms with Crippen molar-refractivity contribution in [3.8, 4) is 21.9 Å². The molecular formula is C24H28N6O2S2. The Hall–Kier alpha value is -2.82.